The van der Waals surface area contributed by atoms with Gasteiger partial charge >= 0.3 is 0 Å². The molecular formula is C11H20N4O4S2. The summed E-state index contributed by atoms with van der Waals surface area (Å²) in [7, 11) is -6.96. The van der Waals surface area contributed by atoms with E-state index in [1.165, 1.54) is 17.1 Å². The van der Waals surface area contributed by atoms with Crippen molar-refractivity contribution in [1.29, 1.82) is 0 Å². The molecule has 0 spiro atoms. The van der Waals surface area contributed by atoms with Gasteiger partial charge in [-0.05, 0) is 26.3 Å². The molecule has 8 nitrogen and oxygen atoms in total. The molecule has 2 rings (SSSR count). The highest BCUT2D eigenvalue weighted by Crippen LogP contribution is 2.25. The molecule has 0 aliphatic carbocycles. The molecule has 10 heteroatoms. The van der Waals surface area contributed by atoms with E-state index in [1.807, 2.05) is 0 Å². The Morgan fingerprint density at radius 2 is 2.24 bits per heavy atom. The molecular weight excluding hydrogens is 316 g/mol. The lowest BCUT2D eigenvalue weighted by Crippen LogP contribution is -2.46. The lowest BCUT2D eigenvalue weighted by atomic mass is 10.0. The zero-order chi connectivity index (χ0) is 15.7. The zero-order valence-electron chi connectivity index (χ0n) is 11.8. The van der Waals surface area contributed by atoms with Crippen molar-refractivity contribution in [3.05, 3.63) is 12.4 Å². The first-order valence-corrected chi connectivity index (χ1v) is 9.93. The number of sulfonamides is 1. The van der Waals surface area contributed by atoms with Gasteiger partial charge < -0.3 is 5.73 Å². The fourth-order valence-electron chi connectivity index (χ4n) is 2.33. The number of hydrogen-bond acceptors (Lipinski definition) is 6. The van der Waals surface area contributed by atoms with Crippen LogP contribution in [0.2, 0.25) is 0 Å². The molecule has 1 fully saturated rings. The Balaban J connectivity index is 2.13. The van der Waals surface area contributed by atoms with Crippen molar-refractivity contribution in [2.24, 2.45) is 5.73 Å². The van der Waals surface area contributed by atoms with E-state index in [2.05, 4.69) is 9.82 Å². The summed E-state index contributed by atoms with van der Waals surface area (Å²) in [5.74, 6) is -0.178. The van der Waals surface area contributed by atoms with Gasteiger partial charge in [0.05, 0.1) is 17.7 Å². The third kappa shape index (κ3) is 4.02. The maximum atomic E-state index is 12.3. The lowest BCUT2D eigenvalue weighted by Gasteiger charge is -2.22. The van der Waals surface area contributed by atoms with Gasteiger partial charge in [-0.2, -0.15) is 5.10 Å². The second-order valence-electron chi connectivity index (χ2n) is 5.59. The summed E-state index contributed by atoms with van der Waals surface area (Å²) in [6.07, 6.45) is 3.65. The number of nitrogens with one attached hydrogen (secondary N) is 1. The Labute approximate surface area is 124 Å². The first kappa shape index (κ1) is 16.4. The molecule has 3 N–H and O–H groups in total. The van der Waals surface area contributed by atoms with Crippen LogP contribution in [0.1, 0.15) is 19.8 Å². The molecule has 0 radical (unpaired) electrons. The van der Waals surface area contributed by atoms with Crippen LogP contribution in [0, 0.1) is 0 Å². The molecule has 0 bridgehead atoms. The number of sulfone groups is 1. The van der Waals surface area contributed by atoms with Crippen molar-refractivity contribution in [2.75, 3.05) is 18.1 Å². The number of aryl methyl sites for hydroxylation is 1. The summed E-state index contributed by atoms with van der Waals surface area (Å²) >= 11 is 0. The highest BCUT2D eigenvalue weighted by molar-refractivity contribution is 7.92. The van der Waals surface area contributed by atoms with Gasteiger partial charge in [0, 0.05) is 18.3 Å². The van der Waals surface area contributed by atoms with Gasteiger partial charge in [0.25, 0.3) is 0 Å². The van der Waals surface area contributed by atoms with Crippen molar-refractivity contribution >= 4 is 19.9 Å². The average Bonchev–Trinajstić information content (AvgIpc) is 2.91. The molecule has 21 heavy (non-hydrogen) atoms. The number of nitrogens with zero attached hydrogens (tertiary/aromatic N) is 2. The van der Waals surface area contributed by atoms with Crippen molar-refractivity contribution in [1.82, 2.24) is 14.5 Å². The Morgan fingerprint density at radius 3 is 2.81 bits per heavy atom. The number of aromatic nitrogens is 2. The van der Waals surface area contributed by atoms with E-state index in [0.717, 1.165) is 0 Å². The minimum atomic E-state index is -3.79. The van der Waals surface area contributed by atoms with Gasteiger partial charge in [-0.1, -0.05) is 0 Å². The Hall–Kier alpha value is -0.970. The molecule has 120 valence electrons. The third-order valence-electron chi connectivity index (χ3n) is 3.40. The average molecular weight is 336 g/mol. The van der Waals surface area contributed by atoms with Crippen LogP contribution in [-0.4, -0.2) is 50.2 Å². The summed E-state index contributed by atoms with van der Waals surface area (Å²) < 4.78 is 51.7. The van der Waals surface area contributed by atoms with Crippen LogP contribution in [0.25, 0.3) is 0 Å². The molecule has 0 amide bonds. The predicted molar refractivity (Wildman–Crippen MR) is 77.9 cm³/mol. The summed E-state index contributed by atoms with van der Waals surface area (Å²) in [4.78, 5) is 0.0324. The van der Waals surface area contributed by atoms with E-state index in [0.29, 0.717) is 19.5 Å². The van der Waals surface area contributed by atoms with Crippen molar-refractivity contribution in [3.63, 3.8) is 0 Å². The number of rotatable bonds is 6. The number of hydrogen-bond donors (Lipinski definition) is 2. The first-order valence-electron chi connectivity index (χ1n) is 6.63. The molecule has 1 aromatic rings. The quantitative estimate of drug-likeness (QED) is 0.693. The second kappa shape index (κ2) is 5.67. The van der Waals surface area contributed by atoms with Gasteiger partial charge in [-0.15, -0.1) is 0 Å². The molecule has 1 aromatic heterocycles. The highest BCUT2D eigenvalue weighted by atomic mass is 32.2. The minimum Gasteiger partial charge on any atom is -0.330 e. The summed E-state index contributed by atoms with van der Waals surface area (Å²) in [5, 5.41) is 3.97. The van der Waals surface area contributed by atoms with Crippen molar-refractivity contribution < 1.29 is 16.8 Å². The molecule has 1 unspecified atom stereocenters. The lowest BCUT2D eigenvalue weighted by molar-refractivity contribution is 0.461. The van der Waals surface area contributed by atoms with Gasteiger partial charge in [0.15, 0.2) is 9.84 Å². The molecule has 0 saturated carbocycles. The van der Waals surface area contributed by atoms with E-state index >= 15 is 0 Å². The van der Waals surface area contributed by atoms with Gasteiger partial charge in [-0.3, -0.25) is 4.68 Å². The van der Waals surface area contributed by atoms with E-state index in [9.17, 15) is 16.8 Å². The summed E-state index contributed by atoms with van der Waals surface area (Å²) in [5.41, 5.74) is 4.43. The Morgan fingerprint density at radius 1 is 1.52 bits per heavy atom. The molecule has 1 atom stereocenters. The fourth-order valence-corrected chi connectivity index (χ4v) is 5.90. The number of nitrogens with two attached hydrogens (primary N) is 1. The van der Waals surface area contributed by atoms with Crippen LogP contribution in [0.5, 0.6) is 0 Å². The third-order valence-corrected chi connectivity index (χ3v) is 6.89. The first-order chi connectivity index (χ1) is 9.66. The monoisotopic (exact) mass is 336 g/mol. The minimum absolute atomic E-state index is 0.00177. The van der Waals surface area contributed by atoms with Crippen LogP contribution < -0.4 is 10.5 Å². The second-order valence-corrected chi connectivity index (χ2v) is 9.46. The van der Waals surface area contributed by atoms with Crippen molar-refractivity contribution in [2.45, 2.75) is 36.7 Å². The largest absolute Gasteiger partial charge is 0.330 e. The van der Waals surface area contributed by atoms with Crippen LogP contribution in [0.15, 0.2) is 17.3 Å². The predicted octanol–water partition coefficient (Wildman–Crippen LogP) is -0.913. The SMILES string of the molecule is CC1(NS(=O)(=O)c2cnn(CCCN)c2)CCS(=O)(=O)C1. The van der Waals surface area contributed by atoms with Crippen LogP contribution >= 0.6 is 0 Å². The van der Waals surface area contributed by atoms with E-state index < -0.39 is 25.4 Å². The van der Waals surface area contributed by atoms with Gasteiger partial charge in [-0.25, -0.2) is 21.6 Å². The summed E-state index contributed by atoms with van der Waals surface area (Å²) in [6.45, 7) is 2.64. The maximum Gasteiger partial charge on any atom is 0.244 e. The Kier molecular flexibility index (Phi) is 4.43. The Bertz CT molecular complexity index is 710. The fraction of sp³-hybridized carbons (Fsp3) is 0.727. The van der Waals surface area contributed by atoms with Crippen molar-refractivity contribution in [3.8, 4) is 0 Å². The topological polar surface area (TPSA) is 124 Å². The standard InChI is InChI=1S/C11H20N4O4S2/c1-11(3-6-20(16,17)9-11)14-21(18,19)10-7-13-15(8-10)5-2-4-12/h7-8,14H,2-6,9,12H2,1H3. The van der Waals surface area contributed by atoms with Crippen LogP contribution in [0.3, 0.4) is 0 Å². The van der Waals surface area contributed by atoms with E-state index in [4.69, 9.17) is 5.73 Å². The van der Waals surface area contributed by atoms with Gasteiger partial charge in [0.2, 0.25) is 10.0 Å². The van der Waals surface area contributed by atoms with Crippen LogP contribution in [0.4, 0.5) is 0 Å². The van der Waals surface area contributed by atoms with Gasteiger partial charge in [0.1, 0.15) is 4.90 Å². The molecule has 1 aliphatic rings. The molecule has 2 heterocycles. The van der Waals surface area contributed by atoms with E-state index in [1.54, 1.807) is 6.92 Å². The van der Waals surface area contributed by atoms with E-state index in [-0.39, 0.29) is 22.8 Å². The maximum absolute atomic E-state index is 12.3. The van der Waals surface area contributed by atoms with Crippen LogP contribution in [-0.2, 0) is 26.4 Å². The summed E-state index contributed by atoms with van der Waals surface area (Å²) in [6, 6.07) is 0. The molecule has 0 aromatic carbocycles. The molecule has 1 saturated heterocycles. The molecule has 1 aliphatic heterocycles. The highest BCUT2D eigenvalue weighted by Gasteiger charge is 2.41. The zero-order valence-corrected chi connectivity index (χ0v) is 13.5. The normalized spacial score (nSPS) is 25.2. The smallest absolute Gasteiger partial charge is 0.244 e.